The number of halogens is 1. The molecule has 0 saturated carbocycles. The summed E-state index contributed by atoms with van der Waals surface area (Å²) in [5.74, 6) is -0.172. The van der Waals surface area contributed by atoms with Gasteiger partial charge >= 0.3 is 0 Å². The standard InChI is InChI=1S/C16H26FNO/c1-6-18-15(9-10-16(3,4)19-5)14-11-13(17)8-7-12(14)2/h7-8,11,15,18H,6,9-10H2,1-5H3. The second kappa shape index (κ2) is 7.01. The molecule has 0 radical (unpaired) electrons. The molecule has 108 valence electrons. The minimum atomic E-state index is -0.172. The Morgan fingerprint density at radius 3 is 2.63 bits per heavy atom. The summed E-state index contributed by atoms with van der Waals surface area (Å²) in [5, 5.41) is 3.44. The van der Waals surface area contributed by atoms with E-state index in [9.17, 15) is 4.39 Å². The summed E-state index contributed by atoms with van der Waals surface area (Å²) in [6, 6.07) is 5.18. The van der Waals surface area contributed by atoms with E-state index in [1.807, 2.05) is 13.0 Å². The molecular weight excluding hydrogens is 241 g/mol. The van der Waals surface area contributed by atoms with E-state index in [1.54, 1.807) is 13.2 Å². The van der Waals surface area contributed by atoms with Crippen molar-refractivity contribution in [3.05, 3.63) is 35.1 Å². The Morgan fingerprint density at radius 2 is 2.05 bits per heavy atom. The third kappa shape index (κ3) is 4.92. The predicted molar refractivity (Wildman–Crippen MR) is 77.9 cm³/mol. The van der Waals surface area contributed by atoms with Crippen LogP contribution in [0.25, 0.3) is 0 Å². The van der Waals surface area contributed by atoms with Gasteiger partial charge in [0.05, 0.1) is 5.60 Å². The van der Waals surface area contributed by atoms with Gasteiger partial charge in [0.1, 0.15) is 5.82 Å². The highest BCUT2D eigenvalue weighted by molar-refractivity contribution is 5.29. The molecule has 0 bridgehead atoms. The maximum absolute atomic E-state index is 13.4. The van der Waals surface area contributed by atoms with Crippen LogP contribution in [-0.2, 0) is 4.74 Å². The van der Waals surface area contributed by atoms with Crippen molar-refractivity contribution in [2.45, 2.75) is 52.2 Å². The van der Waals surface area contributed by atoms with Gasteiger partial charge in [-0.3, -0.25) is 0 Å². The van der Waals surface area contributed by atoms with Crippen molar-refractivity contribution >= 4 is 0 Å². The molecule has 0 fully saturated rings. The first-order valence-corrected chi connectivity index (χ1v) is 6.94. The minimum absolute atomic E-state index is 0.144. The zero-order valence-electron chi connectivity index (χ0n) is 12.7. The monoisotopic (exact) mass is 267 g/mol. The van der Waals surface area contributed by atoms with Gasteiger partial charge in [0, 0.05) is 13.2 Å². The molecule has 0 aliphatic carbocycles. The van der Waals surface area contributed by atoms with Gasteiger partial charge in [0.25, 0.3) is 0 Å². The third-order valence-electron chi connectivity index (χ3n) is 3.65. The molecule has 0 aromatic heterocycles. The van der Waals surface area contributed by atoms with Crippen molar-refractivity contribution in [3.63, 3.8) is 0 Å². The number of hydrogen-bond acceptors (Lipinski definition) is 2. The fraction of sp³-hybridized carbons (Fsp3) is 0.625. The van der Waals surface area contributed by atoms with E-state index >= 15 is 0 Å². The van der Waals surface area contributed by atoms with Crippen molar-refractivity contribution < 1.29 is 9.13 Å². The van der Waals surface area contributed by atoms with Crippen molar-refractivity contribution in [1.82, 2.24) is 5.32 Å². The zero-order valence-corrected chi connectivity index (χ0v) is 12.7. The summed E-state index contributed by atoms with van der Waals surface area (Å²) in [5.41, 5.74) is 2.03. The van der Waals surface area contributed by atoms with Crippen LogP contribution in [0.2, 0.25) is 0 Å². The van der Waals surface area contributed by atoms with E-state index in [1.165, 1.54) is 6.07 Å². The molecule has 19 heavy (non-hydrogen) atoms. The quantitative estimate of drug-likeness (QED) is 0.806. The Bertz CT molecular complexity index is 404. The summed E-state index contributed by atoms with van der Waals surface area (Å²) in [4.78, 5) is 0. The lowest BCUT2D eigenvalue weighted by atomic mass is 9.92. The topological polar surface area (TPSA) is 21.3 Å². The molecule has 0 aliphatic heterocycles. The van der Waals surface area contributed by atoms with Crippen LogP contribution < -0.4 is 5.32 Å². The van der Waals surface area contributed by atoms with Crippen molar-refractivity contribution in [2.75, 3.05) is 13.7 Å². The fourth-order valence-electron chi connectivity index (χ4n) is 2.19. The van der Waals surface area contributed by atoms with E-state index in [0.717, 1.165) is 30.5 Å². The van der Waals surface area contributed by atoms with Gasteiger partial charge in [-0.05, 0) is 63.4 Å². The van der Waals surface area contributed by atoms with Crippen molar-refractivity contribution in [3.8, 4) is 0 Å². The number of ether oxygens (including phenoxy) is 1. The average molecular weight is 267 g/mol. The molecule has 0 saturated heterocycles. The molecule has 1 aromatic carbocycles. The van der Waals surface area contributed by atoms with Gasteiger partial charge in [0.2, 0.25) is 0 Å². The maximum atomic E-state index is 13.4. The fourth-order valence-corrected chi connectivity index (χ4v) is 2.19. The predicted octanol–water partition coefficient (Wildman–Crippen LogP) is 3.99. The molecule has 0 heterocycles. The van der Waals surface area contributed by atoms with E-state index < -0.39 is 0 Å². The lowest BCUT2D eigenvalue weighted by molar-refractivity contribution is 0.0117. The van der Waals surface area contributed by atoms with Crippen LogP contribution in [0.1, 0.15) is 50.8 Å². The molecule has 1 aromatic rings. The van der Waals surface area contributed by atoms with Gasteiger partial charge in [-0.25, -0.2) is 4.39 Å². The Balaban J connectivity index is 2.85. The Morgan fingerprint density at radius 1 is 1.37 bits per heavy atom. The number of nitrogens with one attached hydrogen (secondary N) is 1. The summed E-state index contributed by atoms with van der Waals surface area (Å²) in [6.07, 6.45) is 1.86. The molecule has 0 amide bonds. The lowest BCUT2D eigenvalue weighted by Gasteiger charge is -2.27. The van der Waals surface area contributed by atoms with Crippen LogP contribution in [0.4, 0.5) is 4.39 Å². The largest absolute Gasteiger partial charge is 0.379 e. The van der Waals surface area contributed by atoms with Crippen LogP contribution in [0.3, 0.4) is 0 Å². The molecular formula is C16H26FNO. The minimum Gasteiger partial charge on any atom is -0.379 e. The highest BCUT2D eigenvalue weighted by Gasteiger charge is 2.21. The molecule has 1 rings (SSSR count). The van der Waals surface area contributed by atoms with Crippen LogP contribution >= 0.6 is 0 Å². The normalized spacial score (nSPS) is 13.6. The molecule has 3 heteroatoms. The van der Waals surface area contributed by atoms with E-state index in [4.69, 9.17) is 4.74 Å². The van der Waals surface area contributed by atoms with Crippen molar-refractivity contribution in [2.24, 2.45) is 0 Å². The zero-order chi connectivity index (χ0) is 14.5. The second-order valence-corrected chi connectivity index (χ2v) is 5.61. The van der Waals surface area contributed by atoms with Crippen molar-refractivity contribution in [1.29, 1.82) is 0 Å². The maximum Gasteiger partial charge on any atom is 0.123 e. The first-order chi connectivity index (χ1) is 8.89. The summed E-state index contributed by atoms with van der Waals surface area (Å²) in [7, 11) is 1.73. The van der Waals surface area contributed by atoms with Gasteiger partial charge in [0.15, 0.2) is 0 Å². The highest BCUT2D eigenvalue weighted by atomic mass is 19.1. The molecule has 0 aliphatic rings. The second-order valence-electron chi connectivity index (χ2n) is 5.61. The third-order valence-corrected chi connectivity index (χ3v) is 3.65. The summed E-state index contributed by atoms with van der Waals surface area (Å²) >= 11 is 0. The number of benzene rings is 1. The summed E-state index contributed by atoms with van der Waals surface area (Å²) in [6.45, 7) is 9.13. The van der Waals surface area contributed by atoms with E-state index in [-0.39, 0.29) is 17.5 Å². The SMILES string of the molecule is CCNC(CCC(C)(C)OC)c1cc(F)ccc1C. The van der Waals surface area contributed by atoms with Crippen LogP contribution in [0.15, 0.2) is 18.2 Å². The first-order valence-electron chi connectivity index (χ1n) is 6.94. The number of aryl methyl sites for hydroxylation is 1. The average Bonchev–Trinajstić information content (AvgIpc) is 2.37. The summed E-state index contributed by atoms with van der Waals surface area (Å²) < 4.78 is 18.9. The Kier molecular flexibility index (Phi) is 5.95. The van der Waals surface area contributed by atoms with Crippen LogP contribution in [0.5, 0.6) is 0 Å². The molecule has 0 spiro atoms. The Labute approximate surface area is 116 Å². The smallest absolute Gasteiger partial charge is 0.123 e. The van der Waals surface area contributed by atoms with Gasteiger partial charge in [-0.1, -0.05) is 13.0 Å². The lowest BCUT2D eigenvalue weighted by Crippen LogP contribution is -2.27. The van der Waals surface area contributed by atoms with E-state index in [2.05, 4.69) is 26.1 Å². The van der Waals surface area contributed by atoms with Gasteiger partial charge in [-0.2, -0.15) is 0 Å². The van der Waals surface area contributed by atoms with E-state index in [0.29, 0.717) is 0 Å². The number of hydrogen-bond donors (Lipinski definition) is 1. The molecule has 1 unspecified atom stereocenters. The Hall–Kier alpha value is -0.930. The molecule has 2 nitrogen and oxygen atoms in total. The highest BCUT2D eigenvalue weighted by Crippen LogP contribution is 2.27. The number of rotatable bonds is 7. The molecule has 1 atom stereocenters. The van der Waals surface area contributed by atoms with Crippen LogP contribution in [-0.4, -0.2) is 19.3 Å². The first kappa shape index (κ1) is 16.1. The van der Waals surface area contributed by atoms with Gasteiger partial charge < -0.3 is 10.1 Å². The van der Waals surface area contributed by atoms with Crippen LogP contribution in [0, 0.1) is 12.7 Å². The van der Waals surface area contributed by atoms with Gasteiger partial charge in [-0.15, -0.1) is 0 Å². The molecule has 1 N–H and O–H groups in total. The number of methoxy groups -OCH3 is 1.